The Kier molecular flexibility index (Phi) is 5.21. The number of benzene rings is 1. The molecule has 1 aromatic carbocycles. The second-order valence-electron chi connectivity index (χ2n) is 4.83. The summed E-state index contributed by atoms with van der Waals surface area (Å²) in [7, 11) is 0. The third-order valence-corrected chi connectivity index (χ3v) is 3.41. The first-order valence-corrected chi connectivity index (χ1v) is 6.99. The molecule has 1 aliphatic rings. The highest BCUT2D eigenvalue weighted by Crippen LogP contribution is 2.11. The predicted octanol–water partition coefficient (Wildman–Crippen LogP) is 2.40. The molecule has 4 heteroatoms. The van der Waals surface area contributed by atoms with Crippen molar-refractivity contribution in [2.24, 2.45) is 0 Å². The Morgan fingerprint density at radius 2 is 2.00 bits per heavy atom. The van der Waals surface area contributed by atoms with Crippen LogP contribution in [0.1, 0.15) is 25.3 Å². The van der Waals surface area contributed by atoms with E-state index in [4.69, 9.17) is 4.74 Å². The van der Waals surface area contributed by atoms with Crippen LogP contribution >= 0.6 is 0 Å². The van der Waals surface area contributed by atoms with Crippen molar-refractivity contribution in [3.8, 4) is 0 Å². The minimum Gasteiger partial charge on any atom is -0.446 e. The second kappa shape index (κ2) is 7.14. The predicted molar refractivity (Wildman–Crippen MR) is 74.9 cm³/mol. The maximum Gasteiger partial charge on any atom is 0.410 e. The largest absolute Gasteiger partial charge is 0.446 e. The smallest absolute Gasteiger partial charge is 0.410 e. The highest BCUT2D eigenvalue weighted by molar-refractivity contribution is 5.67. The Bertz CT molecular complexity index is 388. The number of ether oxygens (including phenoxy) is 1. The van der Waals surface area contributed by atoms with Crippen LogP contribution in [0.3, 0.4) is 0 Å². The van der Waals surface area contributed by atoms with E-state index in [1.54, 1.807) is 4.90 Å². The molecule has 2 rings (SSSR count). The zero-order valence-electron chi connectivity index (χ0n) is 11.5. The van der Waals surface area contributed by atoms with Crippen LogP contribution in [0.15, 0.2) is 30.3 Å². The minimum atomic E-state index is -0.196. The van der Waals surface area contributed by atoms with Gasteiger partial charge in [0.2, 0.25) is 0 Å². The summed E-state index contributed by atoms with van der Waals surface area (Å²) in [5.74, 6) is 0. The van der Waals surface area contributed by atoms with Crippen molar-refractivity contribution < 1.29 is 9.53 Å². The molecule has 1 aliphatic heterocycles. The standard InChI is InChI=1S/C15H22N2O2/c1-2-17(12-13-6-4-3-5-7-13)15(18)19-14-8-10-16-11-9-14/h3-7,14,16H,2,8-12H2,1H3. The Morgan fingerprint density at radius 3 is 2.63 bits per heavy atom. The van der Waals surface area contributed by atoms with Crippen molar-refractivity contribution >= 4 is 6.09 Å². The van der Waals surface area contributed by atoms with Gasteiger partial charge in [-0.2, -0.15) is 0 Å². The van der Waals surface area contributed by atoms with E-state index in [1.165, 1.54) is 0 Å². The quantitative estimate of drug-likeness (QED) is 0.906. The van der Waals surface area contributed by atoms with Gasteiger partial charge in [0, 0.05) is 13.1 Å². The molecule has 0 aliphatic carbocycles. The zero-order chi connectivity index (χ0) is 13.5. The van der Waals surface area contributed by atoms with E-state index in [2.05, 4.69) is 5.32 Å². The molecule has 0 unspecified atom stereocenters. The number of carbonyl (C=O) groups excluding carboxylic acids is 1. The van der Waals surface area contributed by atoms with E-state index in [0.29, 0.717) is 13.1 Å². The maximum atomic E-state index is 12.1. The Labute approximate surface area is 114 Å². The molecule has 0 atom stereocenters. The van der Waals surface area contributed by atoms with Gasteiger partial charge >= 0.3 is 6.09 Å². The number of nitrogens with one attached hydrogen (secondary N) is 1. The lowest BCUT2D eigenvalue weighted by molar-refractivity contribution is 0.0484. The number of carbonyl (C=O) groups is 1. The van der Waals surface area contributed by atoms with Crippen molar-refractivity contribution in [2.45, 2.75) is 32.4 Å². The Morgan fingerprint density at radius 1 is 1.32 bits per heavy atom. The summed E-state index contributed by atoms with van der Waals surface area (Å²) in [4.78, 5) is 13.9. The molecule has 4 nitrogen and oxygen atoms in total. The van der Waals surface area contributed by atoms with Crippen LogP contribution in [-0.2, 0) is 11.3 Å². The summed E-state index contributed by atoms with van der Waals surface area (Å²) < 4.78 is 5.56. The molecule has 0 saturated carbocycles. The van der Waals surface area contributed by atoms with Gasteiger partial charge in [0.05, 0.1) is 0 Å². The van der Waals surface area contributed by atoms with Crippen molar-refractivity contribution in [1.29, 1.82) is 0 Å². The minimum absolute atomic E-state index is 0.0681. The van der Waals surface area contributed by atoms with Gasteiger partial charge < -0.3 is 15.0 Å². The van der Waals surface area contributed by atoms with E-state index in [0.717, 1.165) is 31.5 Å². The van der Waals surface area contributed by atoms with Crippen LogP contribution in [0.5, 0.6) is 0 Å². The van der Waals surface area contributed by atoms with E-state index in [-0.39, 0.29) is 12.2 Å². The molecular weight excluding hydrogens is 240 g/mol. The molecule has 1 heterocycles. The first kappa shape index (κ1) is 13.9. The van der Waals surface area contributed by atoms with Gasteiger partial charge in [0.1, 0.15) is 6.10 Å². The molecule has 1 N–H and O–H groups in total. The Balaban J connectivity index is 1.87. The summed E-state index contributed by atoms with van der Waals surface area (Å²) in [6.45, 7) is 5.12. The SMILES string of the molecule is CCN(Cc1ccccc1)C(=O)OC1CCNCC1. The van der Waals surface area contributed by atoms with Crippen LogP contribution in [0.2, 0.25) is 0 Å². The molecule has 19 heavy (non-hydrogen) atoms. The first-order chi connectivity index (χ1) is 9.29. The molecule has 0 spiro atoms. The molecule has 1 aromatic rings. The van der Waals surface area contributed by atoms with Gasteiger partial charge in [-0.25, -0.2) is 4.79 Å². The van der Waals surface area contributed by atoms with Crippen LogP contribution in [0, 0.1) is 0 Å². The summed E-state index contributed by atoms with van der Waals surface area (Å²) in [6.07, 6.45) is 1.69. The van der Waals surface area contributed by atoms with Gasteiger partial charge in [-0.1, -0.05) is 30.3 Å². The van der Waals surface area contributed by atoms with Gasteiger partial charge in [-0.3, -0.25) is 0 Å². The van der Waals surface area contributed by atoms with Gasteiger partial charge in [0.15, 0.2) is 0 Å². The zero-order valence-corrected chi connectivity index (χ0v) is 11.5. The van der Waals surface area contributed by atoms with E-state index < -0.39 is 0 Å². The molecule has 1 saturated heterocycles. The lowest BCUT2D eigenvalue weighted by Gasteiger charge is -2.27. The molecule has 1 amide bonds. The second-order valence-corrected chi connectivity index (χ2v) is 4.83. The number of rotatable bonds is 4. The van der Waals surface area contributed by atoms with Crippen LogP contribution < -0.4 is 5.32 Å². The van der Waals surface area contributed by atoms with Crippen molar-refractivity contribution in [3.63, 3.8) is 0 Å². The average molecular weight is 262 g/mol. The number of hydrogen-bond donors (Lipinski definition) is 1. The fourth-order valence-corrected chi connectivity index (χ4v) is 2.24. The first-order valence-electron chi connectivity index (χ1n) is 6.99. The number of piperidine rings is 1. The summed E-state index contributed by atoms with van der Waals surface area (Å²) in [5, 5.41) is 3.27. The van der Waals surface area contributed by atoms with Crippen LogP contribution in [-0.4, -0.2) is 36.7 Å². The topological polar surface area (TPSA) is 41.6 Å². The number of hydrogen-bond acceptors (Lipinski definition) is 3. The molecule has 0 aromatic heterocycles. The fraction of sp³-hybridized carbons (Fsp3) is 0.533. The monoisotopic (exact) mass is 262 g/mol. The van der Waals surface area contributed by atoms with E-state index in [1.807, 2.05) is 37.3 Å². The van der Waals surface area contributed by atoms with E-state index >= 15 is 0 Å². The lowest BCUT2D eigenvalue weighted by Crippen LogP contribution is -2.38. The number of nitrogens with zero attached hydrogens (tertiary/aromatic N) is 1. The highest BCUT2D eigenvalue weighted by Gasteiger charge is 2.21. The van der Waals surface area contributed by atoms with Crippen molar-refractivity contribution in [1.82, 2.24) is 10.2 Å². The van der Waals surface area contributed by atoms with Crippen molar-refractivity contribution in [2.75, 3.05) is 19.6 Å². The van der Waals surface area contributed by atoms with Crippen LogP contribution in [0.4, 0.5) is 4.79 Å². The van der Waals surface area contributed by atoms with E-state index in [9.17, 15) is 4.79 Å². The maximum absolute atomic E-state index is 12.1. The highest BCUT2D eigenvalue weighted by atomic mass is 16.6. The molecule has 1 fully saturated rings. The van der Waals surface area contributed by atoms with Gasteiger partial charge in [0.25, 0.3) is 0 Å². The lowest BCUT2D eigenvalue weighted by atomic mass is 10.1. The molecule has 0 bridgehead atoms. The fourth-order valence-electron chi connectivity index (χ4n) is 2.24. The average Bonchev–Trinajstić information content (AvgIpc) is 2.47. The number of amides is 1. The summed E-state index contributed by atoms with van der Waals surface area (Å²) >= 11 is 0. The normalized spacial score (nSPS) is 16.1. The van der Waals surface area contributed by atoms with Gasteiger partial charge in [-0.15, -0.1) is 0 Å². The van der Waals surface area contributed by atoms with Gasteiger partial charge in [-0.05, 0) is 38.4 Å². The Hall–Kier alpha value is -1.55. The third-order valence-electron chi connectivity index (χ3n) is 3.41. The van der Waals surface area contributed by atoms with Crippen molar-refractivity contribution in [3.05, 3.63) is 35.9 Å². The molecule has 104 valence electrons. The molecule has 0 radical (unpaired) electrons. The van der Waals surface area contributed by atoms with Crippen LogP contribution in [0.25, 0.3) is 0 Å². The summed E-state index contributed by atoms with van der Waals surface area (Å²) in [6, 6.07) is 10.0. The summed E-state index contributed by atoms with van der Waals surface area (Å²) in [5.41, 5.74) is 1.13. The third kappa shape index (κ3) is 4.24. The molecular formula is C15H22N2O2.